The number of benzene rings is 2. The van der Waals surface area contributed by atoms with Crippen molar-refractivity contribution in [3.8, 4) is 0 Å². The number of carbonyl (C=O) groups is 2. The molecule has 1 unspecified atom stereocenters. The van der Waals surface area contributed by atoms with Gasteiger partial charge in [0.15, 0.2) is 0 Å². The summed E-state index contributed by atoms with van der Waals surface area (Å²) in [4.78, 5) is 24.5. The molecular weight excluding hydrogens is 595 g/mol. The number of carbonyl (C=O) groups excluding carboxylic acids is 2. The van der Waals surface area contributed by atoms with Gasteiger partial charge in [-0.05, 0) is 82.5 Å². The molecule has 0 spiro atoms. The molecule has 0 radical (unpaired) electrons. The Morgan fingerprint density at radius 1 is 1.05 bits per heavy atom. The summed E-state index contributed by atoms with van der Waals surface area (Å²) in [6, 6.07) is 10.3. The average molecular weight is 634 g/mol. The van der Waals surface area contributed by atoms with Gasteiger partial charge >= 0.3 is 12.3 Å². The fraction of sp³-hybridized carbons (Fsp3) is 0.517. The van der Waals surface area contributed by atoms with Crippen molar-refractivity contribution in [2.45, 2.75) is 88.6 Å². The highest BCUT2D eigenvalue weighted by Gasteiger charge is 2.31. The zero-order valence-corrected chi connectivity index (χ0v) is 25.8. The SMILES string of the molecule is CCN(CC(NC=O)c1ccc(Cl)cc1)C(=O)OC(C)(C)C.O=S(=O)(NC1CCCCC1)c1ccc(C(F)(F)F)cc1. The van der Waals surface area contributed by atoms with Crippen molar-refractivity contribution in [1.29, 1.82) is 0 Å². The van der Waals surface area contributed by atoms with E-state index in [0.29, 0.717) is 24.5 Å². The summed E-state index contributed by atoms with van der Waals surface area (Å²) >= 11 is 5.88. The van der Waals surface area contributed by atoms with E-state index < -0.39 is 33.5 Å². The first-order valence-corrected chi connectivity index (χ1v) is 15.5. The van der Waals surface area contributed by atoms with Crippen LogP contribution in [0.25, 0.3) is 0 Å². The lowest BCUT2D eigenvalue weighted by atomic mass is 9.96. The quantitative estimate of drug-likeness (QED) is 0.299. The smallest absolute Gasteiger partial charge is 0.416 e. The van der Waals surface area contributed by atoms with Crippen molar-refractivity contribution >= 4 is 34.1 Å². The molecule has 1 fully saturated rings. The molecule has 42 heavy (non-hydrogen) atoms. The molecule has 1 aliphatic rings. The van der Waals surface area contributed by atoms with Crippen LogP contribution in [0.15, 0.2) is 53.4 Å². The normalized spacial score (nSPS) is 15.1. The molecule has 2 aromatic rings. The van der Waals surface area contributed by atoms with E-state index >= 15 is 0 Å². The van der Waals surface area contributed by atoms with E-state index in [-0.39, 0.29) is 17.0 Å². The van der Waals surface area contributed by atoms with Crippen LogP contribution >= 0.6 is 11.6 Å². The lowest BCUT2D eigenvalue weighted by Gasteiger charge is -2.29. The van der Waals surface area contributed by atoms with Crippen molar-refractivity contribution in [1.82, 2.24) is 14.9 Å². The first-order valence-electron chi connectivity index (χ1n) is 13.7. The van der Waals surface area contributed by atoms with Crippen LogP contribution in [0, 0.1) is 0 Å². The van der Waals surface area contributed by atoms with Gasteiger partial charge in [-0.3, -0.25) is 4.79 Å². The number of rotatable bonds is 9. The summed E-state index contributed by atoms with van der Waals surface area (Å²) in [7, 11) is -3.74. The van der Waals surface area contributed by atoms with Crippen LogP contribution < -0.4 is 10.0 Å². The van der Waals surface area contributed by atoms with Crippen molar-refractivity contribution in [3.63, 3.8) is 0 Å². The molecule has 1 saturated carbocycles. The van der Waals surface area contributed by atoms with Gasteiger partial charge in [0.05, 0.1) is 16.5 Å². The largest absolute Gasteiger partial charge is 0.444 e. The Labute approximate surface area is 251 Å². The number of alkyl halides is 3. The number of halogens is 4. The average Bonchev–Trinajstić information content (AvgIpc) is 2.91. The molecule has 8 nitrogen and oxygen atoms in total. The number of likely N-dealkylation sites (N-methyl/N-ethyl adjacent to an activating group) is 1. The number of ether oxygens (including phenoxy) is 1. The Balaban J connectivity index is 0.000000294. The monoisotopic (exact) mass is 633 g/mol. The third kappa shape index (κ3) is 11.8. The first kappa shape index (κ1) is 35.4. The van der Waals surface area contributed by atoms with E-state index in [4.69, 9.17) is 16.3 Å². The standard InChI is InChI=1S/C16H23ClN2O3.C13H16F3NO2S/c1-5-19(15(21)22-16(2,3)4)10-14(18-11-20)12-6-8-13(17)9-7-12;14-13(15,16)10-6-8-12(9-7-10)20(18,19)17-11-4-2-1-3-5-11/h6-9,11,14H,5,10H2,1-4H3,(H,18,20);6-9,11,17H,1-5H2. The van der Waals surface area contributed by atoms with Crippen LogP contribution in [0.4, 0.5) is 18.0 Å². The van der Waals surface area contributed by atoms with Crippen molar-refractivity contribution in [3.05, 3.63) is 64.7 Å². The van der Waals surface area contributed by atoms with Gasteiger partial charge in [-0.15, -0.1) is 0 Å². The van der Waals surface area contributed by atoms with E-state index in [9.17, 15) is 31.2 Å². The van der Waals surface area contributed by atoms with Crippen LogP contribution in [0.2, 0.25) is 5.02 Å². The lowest BCUT2D eigenvalue weighted by molar-refractivity contribution is -0.137. The topological polar surface area (TPSA) is 105 Å². The maximum Gasteiger partial charge on any atom is 0.416 e. The second-order valence-corrected chi connectivity index (χ2v) is 13.0. The highest BCUT2D eigenvalue weighted by atomic mass is 35.5. The molecule has 2 aromatic carbocycles. The molecule has 0 aromatic heterocycles. The van der Waals surface area contributed by atoms with E-state index in [1.807, 2.05) is 39.8 Å². The fourth-order valence-corrected chi connectivity index (χ4v) is 5.67. The van der Waals surface area contributed by atoms with Gasteiger partial charge in [0.25, 0.3) is 0 Å². The second kappa shape index (κ2) is 15.6. The Morgan fingerprint density at radius 3 is 2.10 bits per heavy atom. The van der Waals surface area contributed by atoms with Crippen LogP contribution in [0.3, 0.4) is 0 Å². The molecule has 1 aliphatic carbocycles. The number of nitrogens with one attached hydrogen (secondary N) is 2. The van der Waals surface area contributed by atoms with Crippen molar-refractivity contribution in [2.24, 2.45) is 0 Å². The third-order valence-corrected chi connectivity index (χ3v) is 8.19. The molecular formula is C29H39ClF3N3O5S. The molecule has 0 heterocycles. The molecule has 3 rings (SSSR count). The zero-order valence-electron chi connectivity index (χ0n) is 24.2. The Hall–Kier alpha value is -2.83. The minimum absolute atomic E-state index is 0.115. The van der Waals surface area contributed by atoms with Crippen molar-refractivity contribution < 1.29 is 35.9 Å². The highest BCUT2D eigenvalue weighted by molar-refractivity contribution is 7.89. The van der Waals surface area contributed by atoms with Gasteiger partial charge in [0, 0.05) is 24.2 Å². The summed E-state index contributed by atoms with van der Waals surface area (Å²) in [6.45, 7) is 8.13. The predicted octanol–water partition coefficient (Wildman–Crippen LogP) is 6.70. The van der Waals surface area contributed by atoms with Gasteiger partial charge < -0.3 is 15.0 Å². The molecule has 0 bridgehead atoms. The van der Waals surface area contributed by atoms with E-state index in [1.54, 1.807) is 17.0 Å². The van der Waals surface area contributed by atoms with Gasteiger partial charge in [0.2, 0.25) is 16.4 Å². The number of hydrogen-bond donors (Lipinski definition) is 2. The zero-order chi connectivity index (χ0) is 31.6. The predicted molar refractivity (Wildman–Crippen MR) is 156 cm³/mol. The van der Waals surface area contributed by atoms with E-state index in [0.717, 1.165) is 61.9 Å². The summed E-state index contributed by atoms with van der Waals surface area (Å²) < 4.78 is 69.3. The number of hydrogen-bond acceptors (Lipinski definition) is 5. The molecule has 2 amide bonds. The first-order chi connectivity index (χ1) is 19.6. The Kier molecular flexibility index (Phi) is 13.1. The van der Waals surface area contributed by atoms with Crippen LogP contribution in [-0.2, 0) is 25.7 Å². The Bertz CT molecular complexity index is 1250. The molecule has 0 aliphatic heterocycles. The van der Waals surface area contributed by atoms with Crippen LogP contribution in [-0.4, -0.2) is 50.6 Å². The van der Waals surface area contributed by atoms with Crippen LogP contribution in [0.1, 0.15) is 77.0 Å². The van der Waals surface area contributed by atoms with Crippen LogP contribution in [0.5, 0.6) is 0 Å². The van der Waals surface area contributed by atoms with Gasteiger partial charge in [-0.1, -0.05) is 43.0 Å². The van der Waals surface area contributed by atoms with Gasteiger partial charge in [-0.2, -0.15) is 13.2 Å². The number of nitrogens with zero attached hydrogens (tertiary/aromatic N) is 1. The molecule has 0 saturated heterocycles. The minimum atomic E-state index is -4.46. The lowest BCUT2D eigenvalue weighted by Crippen LogP contribution is -2.41. The summed E-state index contributed by atoms with van der Waals surface area (Å²) in [6.07, 6.45) is 0.363. The maximum atomic E-state index is 12.4. The maximum absolute atomic E-state index is 12.4. The Morgan fingerprint density at radius 2 is 1.62 bits per heavy atom. The summed E-state index contributed by atoms with van der Waals surface area (Å²) in [5.41, 5.74) is -0.536. The number of sulfonamides is 1. The molecule has 2 N–H and O–H groups in total. The highest BCUT2D eigenvalue weighted by Crippen LogP contribution is 2.30. The molecule has 1 atom stereocenters. The van der Waals surface area contributed by atoms with E-state index in [2.05, 4.69) is 10.0 Å². The summed E-state index contributed by atoms with van der Waals surface area (Å²) in [5.74, 6) is 0. The number of amides is 2. The molecule has 13 heteroatoms. The fourth-order valence-electron chi connectivity index (χ4n) is 4.24. The van der Waals surface area contributed by atoms with E-state index in [1.165, 1.54) is 0 Å². The van der Waals surface area contributed by atoms with Gasteiger partial charge in [-0.25, -0.2) is 17.9 Å². The minimum Gasteiger partial charge on any atom is -0.444 e. The van der Waals surface area contributed by atoms with Crippen molar-refractivity contribution in [2.75, 3.05) is 13.1 Å². The molecule has 234 valence electrons. The van der Waals surface area contributed by atoms with Gasteiger partial charge in [0.1, 0.15) is 5.60 Å². The third-order valence-electron chi connectivity index (χ3n) is 6.40. The second-order valence-electron chi connectivity index (χ2n) is 10.9. The summed E-state index contributed by atoms with van der Waals surface area (Å²) in [5, 5.41) is 3.35.